The number of rotatable bonds is 8. The van der Waals surface area contributed by atoms with Gasteiger partial charge in [0.15, 0.2) is 0 Å². The van der Waals surface area contributed by atoms with E-state index in [0.717, 1.165) is 11.1 Å². The molecule has 0 saturated heterocycles. The number of hydrogen-bond donors (Lipinski definition) is 2. The number of carbonyl (C=O) groups excluding carboxylic acids is 3. The molecule has 0 heterocycles. The molecule has 0 fully saturated rings. The number of ether oxygens (including phenoxy) is 2. The van der Waals surface area contributed by atoms with E-state index in [1.54, 1.807) is 20.8 Å². The normalized spacial score (nSPS) is 11.8. The van der Waals surface area contributed by atoms with E-state index in [9.17, 15) is 14.4 Å². The van der Waals surface area contributed by atoms with Gasteiger partial charge in [-0.15, -0.1) is 0 Å². The van der Waals surface area contributed by atoms with Gasteiger partial charge in [0.2, 0.25) is 5.91 Å². The van der Waals surface area contributed by atoms with E-state index in [1.807, 2.05) is 60.7 Å². The molecular formula is C23H28N2O5. The zero-order valence-corrected chi connectivity index (χ0v) is 17.5. The topological polar surface area (TPSA) is 93.7 Å². The van der Waals surface area contributed by atoms with E-state index in [-0.39, 0.29) is 19.6 Å². The summed E-state index contributed by atoms with van der Waals surface area (Å²) in [6.07, 6.45) is -0.449. The average Bonchev–Trinajstić information content (AvgIpc) is 2.70. The zero-order valence-electron chi connectivity index (χ0n) is 17.5. The largest absolute Gasteiger partial charge is 0.460 e. The molecule has 30 heavy (non-hydrogen) atoms. The molecule has 0 saturated carbocycles. The van der Waals surface area contributed by atoms with Crippen LogP contribution in [-0.2, 0) is 32.1 Å². The summed E-state index contributed by atoms with van der Waals surface area (Å²) >= 11 is 0. The third kappa shape index (κ3) is 8.77. The van der Waals surface area contributed by atoms with Crippen LogP contribution in [0.15, 0.2) is 60.7 Å². The van der Waals surface area contributed by atoms with Gasteiger partial charge in [0.05, 0.1) is 0 Å². The molecule has 0 spiro atoms. The van der Waals surface area contributed by atoms with E-state index in [1.165, 1.54) is 0 Å². The highest BCUT2D eigenvalue weighted by Gasteiger charge is 2.25. The van der Waals surface area contributed by atoms with Crippen molar-refractivity contribution in [2.75, 3.05) is 6.54 Å². The van der Waals surface area contributed by atoms with Gasteiger partial charge < -0.3 is 20.1 Å². The SMILES string of the molecule is CC(C)(C)OC(=O)N[C@H](Cc1ccccc1)C(=O)NCC(=O)OCc1ccccc1. The second-order valence-corrected chi connectivity index (χ2v) is 7.75. The maximum atomic E-state index is 12.6. The van der Waals surface area contributed by atoms with Crippen molar-refractivity contribution in [3.8, 4) is 0 Å². The van der Waals surface area contributed by atoms with Crippen molar-refractivity contribution >= 4 is 18.0 Å². The summed E-state index contributed by atoms with van der Waals surface area (Å²) in [4.78, 5) is 36.8. The molecule has 0 aromatic heterocycles. The quantitative estimate of drug-likeness (QED) is 0.650. The van der Waals surface area contributed by atoms with Gasteiger partial charge >= 0.3 is 12.1 Å². The highest BCUT2D eigenvalue weighted by atomic mass is 16.6. The lowest BCUT2D eigenvalue weighted by atomic mass is 10.1. The minimum absolute atomic E-state index is 0.124. The van der Waals surface area contributed by atoms with Gasteiger partial charge in [-0.2, -0.15) is 0 Å². The summed E-state index contributed by atoms with van der Waals surface area (Å²) in [7, 11) is 0. The van der Waals surface area contributed by atoms with Gasteiger partial charge in [-0.3, -0.25) is 9.59 Å². The van der Waals surface area contributed by atoms with Gasteiger partial charge in [0.25, 0.3) is 0 Å². The van der Waals surface area contributed by atoms with Crippen LogP contribution in [0.25, 0.3) is 0 Å². The number of nitrogens with one attached hydrogen (secondary N) is 2. The highest BCUT2D eigenvalue weighted by molar-refractivity contribution is 5.88. The van der Waals surface area contributed by atoms with Crippen LogP contribution in [0.4, 0.5) is 4.79 Å². The van der Waals surface area contributed by atoms with Crippen LogP contribution >= 0.6 is 0 Å². The molecule has 0 radical (unpaired) electrons. The molecule has 2 aromatic rings. The van der Waals surface area contributed by atoms with Crippen molar-refractivity contribution < 1.29 is 23.9 Å². The Kier molecular flexibility index (Phi) is 8.41. The summed E-state index contributed by atoms with van der Waals surface area (Å²) in [5.41, 5.74) is 1.02. The number of hydrogen-bond acceptors (Lipinski definition) is 5. The standard InChI is InChI=1S/C23H28N2O5/c1-23(2,3)30-22(28)25-19(14-17-10-6-4-7-11-17)21(27)24-15-20(26)29-16-18-12-8-5-9-13-18/h4-13,19H,14-16H2,1-3H3,(H,24,27)(H,25,28)/t19-/m1/s1. The minimum atomic E-state index is -0.899. The Morgan fingerprint density at radius 3 is 2.03 bits per heavy atom. The molecule has 2 rings (SSSR count). The van der Waals surface area contributed by atoms with Crippen molar-refractivity contribution in [1.82, 2.24) is 10.6 Å². The van der Waals surface area contributed by atoms with Crippen LogP contribution in [0, 0.1) is 0 Å². The molecule has 7 nitrogen and oxygen atoms in total. The number of alkyl carbamates (subject to hydrolysis) is 1. The summed E-state index contributed by atoms with van der Waals surface area (Å²) in [5, 5.41) is 5.10. The Bertz CT molecular complexity index is 832. The number of amides is 2. The summed E-state index contributed by atoms with van der Waals surface area (Å²) in [5.74, 6) is -1.07. The second-order valence-electron chi connectivity index (χ2n) is 7.75. The predicted molar refractivity (Wildman–Crippen MR) is 113 cm³/mol. The first-order valence-electron chi connectivity index (χ1n) is 9.73. The van der Waals surface area contributed by atoms with E-state index in [4.69, 9.17) is 9.47 Å². The fourth-order valence-electron chi connectivity index (χ4n) is 2.58. The summed E-state index contributed by atoms with van der Waals surface area (Å²) in [6, 6.07) is 17.6. The Morgan fingerprint density at radius 2 is 1.47 bits per heavy atom. The van der Waals surface area contributed by atoms with Crippen LogP contribution in [0.1, 0.15) is 31.9 Å². The molecule has 160 valence electrons. The third-order valence-electron chi connectivity index (χ3n) is 3.94. The maximum absolute atomic E-state index is 12.6. The minimum Gasteiger partial charge on any atom is -0.460 e. The third-order valence-corrected chi connectivity index (χ3v) is 3.94. The second kappa shape index (κ2) is 11.0. The fraction of sp³-hybridized carbons (Fsp3) is 0.348. The predicted octanol–water partition coefficient (Wildman–Crippen LogP) is 2.98. The molecule has 2 amide bonds. The Hall–Kier alpha value is -3.35. The van der Waals surface area contributed by atoms with E-state index in [2.05, 4.69) is 10.6 Å². The van der Waals surface area contributed by atoms with Crippen molar-refractivity contribution in [1.29, 1.82) is 0 Å². The van der Waals surface area contributed by atoms with E-state index in [0.29, 0.717) is 0 Å². The van der Waals surface area contributed by atoms with Gasteiger partial charge in [-0.05, 0) is 31.9 Å². The first-order valence-corrected chi connectivity index (χ1v) is 9.73. The average molecular weight is 412 g/mol. The summed E-state index contributed by atoms with van der Waals surface area (Å²) < 4.78 is 10.4. The molecule has 2 aromatic carbocycles. The Morgan fingerprint density at radius 1 is 0.900 bits per heavy atom. The molecule has 2 N–H and O–H groups in total. The Labute approximate surface area is 176 Å². The lowest BCUT2D eigenvalue weighted by Gasteiger charge is -2.23. The van der Waals surface area contributed by atoms with Gasteiger partial charge in [0.1, 0.15) is 24.8 Å². The molecule has 0 aliphatic heterocycles. The molecular weight excluding hydrogens is 384 g/mol. The van der Waals surface area contributed by atoms with E-state index < -0.39 is 29.6 Å². The Balaban J connectivity index is 1.92. The van der Waals surface area contributed by atoms with Crippen molar-refractivity contribution in [3.63, 3.8) is 0 Å². The first kappa shape index (κ1) is 22.9. The molecule has 1 atom stereocenters. The van der Waals surface area contributed by atoms with Crippen molar-refractivity contribution in [2.24, 2.45) is 0 Å². The summed E-state index contributed by atoms with van der Waals surface area (Å²) in [6.45, 7) is 5.04. The number of carbonyl (C=O) groups is 3. The molecule has 0 aliphatic rings. The number of benzene rings is 2. The monoisotopic (exact) mass is 412 g/mol. The smallest absolute Gasteiger partial charge is 0.408 e. The zero-order chi connectivity index (χ0) is 22.0. The van der Waals surface area contributed by atoms with Gasteiger partial charge in [-0.25, -0.2) is 4.79 Å². The molecule has 7 heteroatoms. The highest BCUT2D eigenvalue weighted by Crippen LogP contribution is 2.09. The van der Waals surface area contributed by atoms with Crippen LogP contribution in [0.5, 0.6) is 0 Å². The number of esters is 1. The lowest BCUT2D eigenvalue weighted by Crippen LogP contribution is -2.50. The van der Waals surface area contributed by atoms with E-state index >= 15 is 0 Å². The van der Waals surface area contributed by atoms with Crippen LogP contribution in [0.2, 0.25) is 0 Å². The van der Waals surface area contributed by atoms with Crippen LogP contribution in [-0.4, -0.2) is 36.2 Å². The van der Waals surface area contributed by atoms with Gasteiger partial charge in [0, 0.05) is 6.42 Å². The molecule has 0 unspecified atom stereocenters. The lowest BCUT2D eigenvalue weighted by molar-refractivity contribution is -0.145. The fourth-order valence-corrected chi connectivity index (χ4v) is 2.58. The van der Waals surface area contributed by atoms with Gasteiger partial charge in [-0.1, -0.05) is 60.7 Å². The maximum Gasteiger partial charge on any atom is 0.408 e. The first-order chi connectivity index (χ1) is 14.2. The van der Waals surface area contributed by atoms with Crippen molar-refractivity contribution in [3.05, 3.63) is 71.8 Å². The van der Waals surface area contributed by atoms with Crippen LogP contribution < -0.4 is 10.6 Å². The van der Waals surface area contributed by atoms with Crippen LogP contribution in [0.3, 0.4) is 0 Å². The molecule has 0 aliphatic carbocycles. The van der Waals surface area contributed by atoms with Crippen molar-refractivity contribution in [2.45, 2.75) is 45.4 Å². The molecule has 0 bridgehead atoms.